The van der Waals surface area contributed by atoms with E-state index >= 15 is 0 Å². The minimum absolute atomic E-state index is 0.0657. The normalized spacial score (nSPS) is 24.1. The average Bonchev–Trinajstić information content (AvgIpc) is 3.32. The van der Waals surface area contributed by atoms with Gasteiger partial charge in [-0.1, -0.05) is 48.0 Å². The van der Waals surface area contributed by atoms with Crippen LogP contribution in [0.25, 0.3) is 0 Å². The molecular weight excluding hydrogens is 568 g/mol. The van der Waals surface area contributed by atoms with Gasteiger partial charge in [0.05, 0.1) is 24.1 Å². The van der Waals surface area contributed by atoms with Crippen molar-refractivity contribution in [3.63, 3.8) is 0 Å². The third-order valence-electron chi connectivity index (χ3n) is 9.33. The molecule has 0 radical (unpaired) electrons. The van der Waals surface area contributed by atoms with E-state index in [2.05, 4.69) is 5.32 Å². The number of amides is 2. The molecule has 2 amide bonds. The molecule has 0 unspecified atom stereocenters. The van der Waals surface area contributed by atoms with E-state index in [0.717, 1.165) is 16.9 Å². The van der Waals surface area contributed by atoms with Gasteiger partial charge >= 0.3 is 0 Å². The molecule has 2 N–H and O–H groups in total. The third-order valence-corrected chi connectivity index (χ3v) is 9.33. The fourth-order valence-corrected chi connectivity index (χ4v) is 7.36. The number of carbonyl (C=O) groups excluding carboxylic acids is 4. The Kier molecular flexibility index (Phi) is 7.30. The predicted octanol–water partition coefficient (Wildman–Crippen LogP) is 5.44. The quantitative estimate of drug-likeness (QED) is 0.211. The molecule has 1 heterocycles. The number of imide groups is 1. The number of aliphatic hydroxyl groups excluding tert-OH is 1. The number of allylic oxidation sites excluding steroid dienone is 6. The Bertz CT molecular complexity index is 1820. The summed E-state index contributed by atoms with van der Waals surface area (Å²) in [6, 6.07) is 24.2. The zero-order valence-corrected chi connectivity index (χ0v) is 24.7. The first-order valence-corrected chi connectivity index (χ1v) is 15.2. The number of Topliss-reactive ketones (excluding diaryl/α,β-unsaturated/α-hetero) is 1. The number of hydrogen-bond donors (Lipinski definition) is 2. The first-order chi connectivity index (χ1) is 21.9. The maximum absolute atomic E-state index is 14.2. The lowest BCUT2D eigenvalue weighted by Gasteiger charge is -2.42. The Labute approximate surface area is 260 Å². The molecule has 4 atom stereocenters. The number of carbonyl (C=O) groups is 4. The topological polar surface area (TPSA) is 113 Å². The minimum Gasteiger partial charge on any atom is -0.491 e. The van der Waals surface area contributed by atoms with Gasteiger partial charge in [-0.05, 0) is 74.2 Å². The number of ketones is 2. The molecule has 0 aromatic heterocycles. The number of para-hydroxylation sites is 2. The van der Waals surface area contributed by atoms with Crippen molar-refractivity contribution in [2.45, 2.75) is 25.7 Å². The SMILES string of the molecule is CC1=CC(=O)C2=C(C1=O)[C@@H](c1ccccc1OCCO)C1=CC[C@@H]3C(=O)N(c4ccc(Nc5ccccc5)cc4)C(=O)[C@@H]3[C@@H]1C2. The number of rotatable bonds is 7. The lowest BCUT2D eigenvalue weighted by atomic mass is 9.59. The Morgan fingerprint density at radius 3 is 2.33 bits per heavy atom. The van der Waals surface area contributed by atoms with Crippen LogP contribution >= 0.6 is 0 Å². The number of fused-ring (bicyclic) bond motifs is 3. The van der Waals surface area contributed by atoms with E-state index in [4.69, 9.17) is 4.74 Å². The zero-order chi connectivity index (χ0) is 31.2. The summed E-state index contributed by atoms with van der Waals surface area (Å²) < 4.78 is 5.89. The van der Waals surface area contributed by atoms with Crippen LogP contribution < -0.4 is 15.0 Å². The number of nitrogens with one attached hydrogen (secondary N) is 1. The van der Waals surface area contributed by atoms with Crippen molar-refractivity contribution >= 4 is 40.4 Å². The van der Waals surface area contributed by atoms with Gasteiger partial charge in [-0.25, -0.2) is 0 Å². The highest BCUT2D eigenvalue weighted by molar-refractivity contribution is 6.25. The summed E-state index contributed by atoms with van der Waals surface area (Å²) in [7, 11) is 0. The summed E-state index contributed by atoms with van der Waals surface area (Å²) in [4.78, 5) is 56.5. The molecule has 1 saturated heterocycles. The summed E-state index contributed by atoms with van der Waals surface area (Å²) in [5, 5.41) is 12.8. The molecule has 3 aromatic carbocycles. The van der Waals surface area contributed by atoms with Gasteiger partial charge < -0.3 is 15.2 Å². The summed E-state index contributed by atoms with van der Waals surface area (Å²) in [5.41, 5.74) is 4.97. The van der Waals surface area contributed by atoms with Crippen molar-refractivity contribution in [1.29, 1.82) is 0 Å². The number of nitrogens with zero attached hydrogens (tertiary/aromatic N) is 1. The first-order valence-electron chi connectivity index (χ1n) is 15.2. The number of benzene rings is 3. The van der Waals surface area contributed by atoms with E-state index in [1.165, 1.54) is 11.0 Å². The maximum Gasteiger partial charge on any atom is 0.238 e. The molecule has 3 aliphatic carbocycles. The van der Waals surface area contributed by atoms with E-state index in [0.29, 0.717) is 40.1 Å². The highest BCUT2D eigenvalue weighted by atomic mass is 16.5. The monoisotopic (exact) mass is 600 g/mol. The molecule has 8 nitrogen and oxygen atoms in total. The smallest absolute Gasteiger partial charge is 0.238 e. The van der Waals surface area contributed by atoms with Crippen molar-refractivity contribution in [3.05, 3.63) is 119 Å². The van der Waals surface area contributed by atoms with E-state index < -0.39 is 23.7 Å². The van der Waals surface area contributed by atoms with Gasteiger partial charge in [-0.3, -0.25) is 24.1 Å². The second-order valence-corrected chi connectivity index (χ2v) is 11.9. The van der Waals surface area contributed by atoms with Crippen LogP contribution in [-0.2, 0) is 19.2 Å². The van der Waals surface area contributed by atoms with Crippen molar-refractivity contribution in [3.8, 4) is 5.75 Å². The highest BCUT2D eigenvalue weighted by Crippen LogP contribution is 2.56. The van der Waals surface area contributed by atoms with Crippen LogP contribution in [0.5, 0.6) is 5.75 Å². The van der Waals surface area contributed by atoms with Gasteiger partial charge in [0.15, 0.2) is 11.6 Å². The number of anilines is 3. The van der Waals surface area contributed by atoms with Crippen LogP contribution in [0.1, 0.15) is 31.2 Å². The molecular formula is C37H32N2O6. The Hall–Kier alpha value is -5.08. The molecule has 0 spiro atoms. The van der Waals surface area contributed by atoms with Crippen LogP contribution in [0, 0.1) is 17.8 Å². The summed E-state index contributed by atoms with van der Waals surface area (Å²) in [5.74, 6) is -2.78. The second kappa shape index (κ2) is 11.4. The fourth-order valence-electron chi connectivity index (χ4n) is 7.36. The van der Waals surface area contributed by atoms with Gasteiger partial charge in [0, 0.05) is 39.6 Å². The molecule has 0 saturated carbocycles. The summed E-state index contributed by atoms with van der Waals surface area (Å²) in [6.45, 7) is 1.53. The number of hydrogen-bond acceptors (Lipinski definition) is 7. The maximum atomic E-state index is 14.2. The Morgan fingerprint density at radius 2 is 1.58 bits per heavy atom. The highest BCUT2D eigenvalue weighted by Gasteiger charge is 2.56. The van der Waals surface area contributed by atoms with E-state index in [9.17, 15) is 24.3 Å². The van der Waals surface area contributed by atoms with Crippen molar-refractivity contribution in [2.75, 3.05) is 23.4 Å². The average molecular weight is 601 g/mol. The molecule has 4 aliphatic rings. The van der Waals surface area contributed by atoms with Gasteiger partial charge in [0.1, 0.15) is 12.4 Å². The zero-order valence-electron chi connectivity index (χ0n) is 24.7. The lowest BCUT2D eigenvalue weighted by molar-refractivity contribution is -0.123. The van der Waals surface area contributed by atoms with Crippen molar-refractivity contribution in [1.82, 2.24) is 0 Å². The largest absolute Gasteiger partial charge is 0.491 e. The lowest BCUT2D eigenvalue weighted by Crippen LogP contribution is -2.40. The van der Waals surface area contributed by atoms with Crippen LogP contribution in [0.2, 0.25) is 0 Å². The van der Waals surface area contributed by atoms with Crippen molar-refractivity contribution in [2.24, 2.45) is 17.8 Å². The molecule has 0 bridgehead atoms. The van der Waals surface area contributed by atoms with E-state index in [1.807, 2.05) is 66.7 Å². The van der Waals surface area contributed by atoms with Crippen molar-refractivity contribution < 1.29 is 29.0 Å². The van der Waals surface area contributed by atoms with Crippen LogP contribution in [0.15, 0.2) is 113 Å². The molecule has 45 heavy (non-hydrogen) atoms. The number of aliphatic hydroxyl groups is 1. The van der Waals surface area contributed by atoms with Gasteiger partial charge in [-0.15, -0.1) is 0 Å². The van der Waals surface area contributed by atoms with Crippen LogP contribution in [0.3, 0.4) is 0 Å². The molecule has 8 heteroatoms. The second-order valence-electron chi connectivity index (χ2n) is 11.9. The van der Waals surface area contributed by atoms with Crippen LogP contribution in [-0.4, -0.2) is 41.7 Å². The predicted molar refractivity (Wildman–Crippen MR) is 169 cm³/mol. The van der Waals surface area contributed by atoms with Gasteiger partial charge in [-0.2, -0.15) is 0 Å². The van der Waals surface area contributed by atoms with Gasteiger partial charge in [0.2, 0.25) is 11.8 Å². The summed E-state index contributed by atoms with van der Waals surface area (Å²) >= 11 is 0. The van der Waals surface area contributed by atoms with E-state index in [-0.39, 0.29) is 43.0 Å². The molecule has 1 fully saturated rings. The standard InChI is InChI=1S/C37H32N2O6/c1-21-19-30(41)29-20-28-25(32(34(29)35(21)42)26-9-5-6-10-31(26)45-18-17-40)15-16-27-33(28)37(44)39(36(27)43)24-13-11-23(12-14-24)38-22-7-3-2-4-8-22/h2-15,19,27-28,32-33,38,40H,16-18,20H2,1H3/t27-,28+,32+,33-/m0/s1. The third kappa shape index (κ3) is 4.82. The van der Waals surface area contributed by atoms with E-state index in [1.54, 1.807) is 25.1 Å². The number of ether oxygens (including phenoxy) is 1. The minimum atomic E-state index is -0.670. The Balaban J connectivity index is 1.26. The molecule has 3 aromatic rings. The fraction of sp³-hybridized carbons (Fsp3) is 0.243. The molecule has 226 valence electrons. The molecule has 1 aliphatic heterocycles. The first kappa shape index (κ1) is 28.7. The molecule has 7 rings (SSSR count). The Morgan fingerprint density at radius 1 is 0.867 bits per heavy atom. The summed E-state index contributed by atoms with van der Waals surface area (Å²) in [6.07, 6.45) is 3.93. The van der Waals surface area contributed by atoms with Gasteiger partial charge in [0.25, 0.3) is 0 Å². The van der Waals surface area contributed by atoms with Crippen LogP contribution in [0.4, 0.5) is 17.1 Å².